The van der Waals surface area contributed by atoms with Crippen molar-refractivity contribution in [3.8, 4) is 0 Å². The SMILES string of the molecule is CCC[C@@]1(CN2C(=O)c3ccccc3C2=O)C[C@@H]1COCc1ccccc1.N[C@@]1(CN2C(=O)c3ccccc3C2=O)C[C@@H]1COCc1ccccc1. The van der Waals surface area contributed by atoms with Crippen LogP contribution in [0, 0.1) is 17.3 Å². The van der Waals surface area contributed by atoms with E-state index in [1.54, 1.807) is 36.4 Å². The van der Waals surface area contributed by atoms with Crippen LogP contribution in [-0.2, 0) is 22.7 Å². The van der Waals surface area contributed by atoms with Gasteiger partial charge in [-0.2, -0.15) is 0 Å². The Morgan fingerprint density at radius 1 is 0.577 bits per heavy atom. The highest BCUT2D eigenvalue weighted by atomic mass is 16.5. The molecular formula is C43H45N3O6. The number of imide groups is 2. The first-order valence-corrected chi connectivity index (χ1v) is 18.2. The van der Waals surface area contributed by atoms with Crippen LogP contribution in [0.15, 0.2) is 109 Å². The Hall–Kier alpha value is -4.96. The predicted octanol–water partition coefficient (Wildman–Crippen LogP) is 6.52. The third-order valence-corrected chi connectivity index (χ3v) is 10.9. The molecule has 2 aliphatic heterocycles. The normalized spacial score (nSPS) is 24.0. The van der Waals surface area contributed by atoms with E-state index in [0.717, 1.165) is 31.2 Å². The minimum Gasteiger partial charge on any atom is -0.376 e. The van der Waals surface area contributed by atoms with Gasteiger partial charge in [0, 0.05) is 24.5 Å². The molecule has 268 valence electrons. The van der Waals surface area contributed by atoms with Crippen LogP contribution < -0.4 is 5.73 Å². The first-order valence-electron chi connectivity index (χ1n) is 18.2. The Bertz CT molecular complexity index is 1880. The molecule has 0 unspecified atom stereocenters. The lowest BCUT2D eigenvalue weighted by molar-refractivity contribution is 0.0578. The number of carbonyl (C=O) groups excluding carboxylic acids is 4. The van der Waals surface area contributed by atoms with Crippen molar-refractivity contribution in [3.63, 3.8) is 0 Å². The first-order chi connectivity index (χ1) is 25.2. The van der Waals surface area contributed by atoms with Gasteiger partial charge in [0.05, 0.1) is 48.7 Å². The van der Waals surface area contributed by atoms with Crippen LogP contribution in [0.1, 0.15) is 85.2 Å². The predicted molar refractivity (Wildman–Crippen MR) is 196 cm³/mol. The van der Waals surface area contributed by atoms with Gasteiger partial charge in [-0.1, -0.05) is 98.3 Å². The Balaban J connectivity index is 0.000000162. The Morgan fingerprint density at radius 3 is 1.42 bits per heavy atom. The van der Waals surface area contributed by atoms with E-state index in [1.807, 2.05) is 60.7 Å². The lowest BCUT2D eigenvalue weighted by atomic mass is 9.96. The molecule has 4 aromatic rings. The van der Waals surface area contributed by atoms with Crippen LogP contribution in [0.4, 0.5) is 0 Å². The second-order valence-electron chi connectivity index (χ2n) is 14.6. The molecule has 0 radical (unpaired) electrons. The van der Waals surface area contributed by atoms with Gasteiger partial charge in [-0.25, -0.2) is 0 Å². The van der Waals surface area contributed by atoms with Crippen molar-refractivity contribution < 1.29 is 28.7 Å². The van der Waals surface area contributed by atoms with Crippen molar-refractivity contribution in [1.29, 1.82) is 0 Å². The van der Waals surface area contributed by atoms with Gasteiger partial charge in [0.1, 0.15) is 0 Å². The largest absolute Gasteiger partial charge is 0.376 e. The number of hydrogen-bond acceptors (Lipinski definition) is 7. The fourth-order valence-electron chi connectivity index (χ4n) is 7.72. The molecule has 52 heavy (non-hydrogen) atoms. The lowest BCUT2D eigenvalue weighted by Crippen LogP contribution is -2.44. The van der Waals surface area contributed by atoms with Crippen molar-refractivity contribution in [2.45, 2.75) is 51.4 Å². The van der Waals surface area contributed by atoms with Gasteiger partial charge in [-0.3, -0.25) is 29.0 Å². The van der Waals surface area contributed by atoms with Gasteiger partial charge < -0.3 is 15.2 Å². The molecule has 2 aliphatic carbocycles. The summed E-state index contributed by atoms with van der Waals surface area (Å²) >= 11 is 0. The minimum atomic E-state index is -0.538. The maximum Gasteiger partial charge on any atom is 0.261 e. The zero-order valence-corrected chi connectivity index (χ0v) is 29.5. The third-order valence-electron chi connectivity index (χ3n) is 10.9. The van der Waals surface area contributed by atoms with E-state index in [0.29, 0.717) is 61.1 Å². The standard InChI is InChI=1S/C23H25NO3.C20H20N2O3/c1-2-12-23(13-18(23)15-27-14-17-8-4-3-5-9-17)16-24-21(25)19-10-6-7-11-20(19)22(24)26;21-20(10-15(20)12-25-11-14-6-2-1-3-7-14)13-22-18(23)16-8-4-5-9-17(16)19(22)24/h3-11,18H,2,12-16H2,1H3;1-9,15H,10-13,21H2/t18-,23+;15-,20-/m11/s1. The highest BCUT2D eigenvalue weighted by Crippen LogP contribution is 2.57. The number of rotatable bonds is 14. The molecule has 4 aromatic carbocycles. The van der Waals surface area contributed by atoms with Crippen molar-refractivity contribution >= 4 is 23.6 Å². The highest BCUT2D eigenvalue weighted by Gasteiger charge is 2.56. The van der Waals surface area contributed by atoms with E-state index >= 15 is 0 Å². The summed E-state index contributed by atoms with van der Waals surface area (Å²) in [6.07, 6.45) is 3.83. The second-order valence-corrected chi connectivity index (χ2v) is 14.6. The van der Waals surface area contributed by atoms with Crippen molar-refractivity contribution in [3.05, 3.63) is 143 Å². The third kappa shape index (κ3) is 7.35. The molecular weight excluding hydrogens is 654 g/mol. The molecule has 9 heteroatoms. The average molecular weight is 700 g/mol. The van der Waals surface area contributed by atoms with Crippen LogP contribution in [0.5, 0.6) is 0 Å². The molecule has 2 fully saturated rings. The fraction of sp³-hybridized carbons (Fsp3) is 0.349. The topological polar surface area (TPSA) is 119 Å². The molecule has 2 N–H and O–H groups in total. The Morgan fingerprint density at radius 2 is 0.981 bits per heavy atom. The van der Waals surface area contributed by atoms with E-state index in [9.17, 15) is 19.2 Å². The van der Waals surface area contributed by atoms with Crippen LogP contribution >= 0.6 is 0 Å². The van der Waals surface area contributed by atoms with E-state index in [1.165, 1.54) is 15.4 Å². The Kier molecular flexibility index (Phi) is 10.2. The van der Waals surface area contributed by atoms with Gasteiger partial charge in [0.25, 0.3) is 23.6 Å². The van der Waals surface area contributed by atoms with Gasteiger partial charge in [0.15, 0.2) is 0 Å². The second kappa shape index (κ2) is 14.9. The van der Waals surface area contributed by atoms with Gasteiger partial charge in [-0.05, 0) is 66.0 Å². The molecule has 4 amide bonds. The summed E-state index contributed by atoms with van der Waals surface area (Å²) in [4.78, 5) is 53.0. The number of ether oxygens (including phenoxy) is 2. The maximum absolute atomic E-state index is 12.7. The number of nitrogens with zero attached hydrogens (tertiary/aromatic N) is 2. The highest BCUT2D eigenvalue weighted by molar-refractivity contribution is 6.22. The van der Waals surface area contributed by atoms with Crippen LogP contribution in [0.2, 0.25) is 0 Å². The lowest BCUT2D eigenvalue weighted by Gasteiger charge is -2.23. The number of benzene rings is 4. The molecule has 4 atom stereocenters. The number of hydrogen-bond donors (Lipinski definition) is 1. The van der Waals surface area contributed by atoms with Crippen molar-refractivity contribution in [1.82, 2.24) is 9.80 Å². The van der Waals surface area contributed by atoms with Crippen molar-refractivity contribution in [2.75, 3.05) is 26.3 Å². The number of fused-ring (bicyclic) bond motifs is 2. The van der Waals surface area contributed by atoms with E-state index in [-0.39, 0.29) is 41.5 Å². The monoisotopic (exact) mass is 699 g/mol. The quantitative estimate of drug-likeness (QED) is 0.149. The zero-order chi connectivity index (χ0) is 36.3. The first kappa shape index (κ1) is 35.4. The van der Waals surface area contributed by atoms with Crippen LogP contribution in [-0.4, -0.2) is 65.3 Å². The number of amides is 4. The van der Waals surface area contributed by atoms with Gasteiger partial charge in [-0.15, -0.1) is 0 Å². The molecule has 9 nitrogen and oxygen atoms in total. The molecule has 4 aliphatic rings. The molecule has 2 heterocycles. The fourth-order valence-corrected chi connectivity index (χ4v) is 7.72. The smallest absolute Gasteiger partial charge is 0.261 e. The summed E-state index contributed by atoms with van der Waals surface area (Å²) in [7, 11) is 0. The maximum atomic E-state index is 12.7. The van der Waals surface area contributed by atoms with Crippen molar-refractivity contribution in [2.24, 2.45) is 23.0 Å². The molecule has 0 bridgehead atoms. The summed E-state index contributed by atoms with van der Waals surface area (Å²) in [6.45, 7) is 5.27. The molecule has 0 aromatic heterocycles. The van der Waals surface area contributed by atoms with E-state index in [2.05, 4.69) is 19.1 Å². The number of nitrogens with two attached hydrogens (primary N) is 1. The molecule has 0 spiro atoms. The summed E-state index contributed by atoms with van der Waals surface area (Å²) in [5.41, 5.74) is 10.1. The van der Waals surface area contributed by atoms with Crippen LogP contribution in [0.3, 0.4) is 0 Å². The molecule has 8 rings (SSSR count). The average Bonchev–Trinajstić information content (AvgIpc) is 4.00. The molecule has 2 saturated carbocycles. The zero-order valence-electron chi connectivity index (χ0n) is 29.5. The van der Waals surface area contributed by atoms with Gasteiger partial charge >= 0.3 is 0 Å². The number of carbonyl (C=O) groups is 4. The summed E-state index contributed by atoms with van der Waals surface area (Å²) in [6, 6.07) is 34.1. The van der Waals surface area contributed by atoms with Crippen LogP contribution in [0.25, 0.3) is 0 Å². The summed E-state index contributed by atoms with van der Waals surface area (Å²) in [5, 5.41) is 0. The summed E-state index contributed by atoms with van der Waals surface area (Å²) < 4.78 is 11.7. The van der Waals surface area contributed by atoms with E-state index < -0.39 is 5.54 Å². The van der Waals surface area contributed by atoms with Gasteiger partial charge in [0.2, 0.25) is 0 Å². The summed E-state index contributed by atoms with van der Waals surface area (Å²) in [5.74, 6) is -0.225. The minimum absolute atomic E-state index is 0.0127. The molecule has 0 saturated heterocycles. The van der Waals surface area contributed by atoms with E-state index in [4.69, 9.17) is 15.2 Å². The Labute approximate surface area is 304 Å².